The van der Waals surface area contributed by atoms with Crippen molar-refractivity contribution in [2.75, 3.05) is 0 Å². The summed E-state index contributed by atoms with van der Waals surface area (Å²) in [6.07, 6.45) is 8.00. The highest BCUT2D eigenvalue weighted by Gasteiger charge is 2.27. The van der Waals surface area contributed by atoms with Crippen LogP contribution in [0.25, 0.3) is 0 Å². The van der Waals surface area contributed by atoms with Gasteiger partial charge in [0.15, 0.2) is 0 Å². The smallest absolute Gasteiger partial charge is 0.105 e. The van der Waals surface area contributed by atoms with Crippen molar-refractivity contribution in [2.45, 2.75) is 57.0 Å². The van der Waals surface area contributed by atoms with Crippen molar-refractivity contribution in [2.24, 2.45) is 0 Å². The maximum Gasteiger partial charge on any atom is 0.105 e. The lowest BCUT2D eigenvalue weighted by Gasteiger charge is -2.34. The first-order chi connectivity index (χ1) is 10.3. The van der Waals surface area contributed by atoms with Gasteiger partial charge in [-0.15, -0.1) is 0 Å². The lowest BCUT2D eigenvalue weighted by molar-refractivity contribution is 0.298. The Bertz CT molecular complexity index is 520. The van der Waals surface area contributed by atoms with Gasteiger partial charge in [-0.2, -0.15) is 0 Å². The average molecular weight is 283 g/mol. The second kappa shape index (κ2) is 6.95. The van der Waals surface area contributed by atoms with E-state index in [9.17, 15) is 0 Å². The van der Waals surface area contributed by atoms with Crippen LogP contribution >= 0.6 is 0 Å². The van der Waals surface area contributed by atoms with Crippen molar-refractivity contribution in [1.82, 2.24) is 5.32 Å². The van der Waals surface area contributed by atoms with Crippen molar-refractivity contribution < 1.29 is 4.42 Å². The summed E-state index contributed by atoms with van der Waals surface area (Å²) < 4.78 is 5.46. The van der Waals surface area contributed by atoms with Crippen molar-refractivity contribution in [3.05, 3.63) is 60.1 Å². The molecule has 1 aromatic heterocycles. The van der Waals surface area contributed by atoms with Crippen LogP contribution < -0.4 is 5.32 Å². The summed E-state index contributed by atoms with van der Waals surface area (Å²) in [6.45, 7) is 2.26. The minimum absolute atomic E-state index is 0.450. The van der Waals surface area contributed by atoms with Crippen LogP contribution in [-0.2, 0) is 6.42 Å². The molecule has 0 radical (unpaired) electrons. The Kier molecular flexibility index (Phi) is 4.76. The molecule has 3 unspecified atom stereocenters. The zero-order valence-electron chi connectivity index (χ0n) is 12.8. The Hall–Kier alpha value is -1.54. The molecule has 0 amide bonds. The molecule has 0 aliphatic heterocycles. The van der Waals surface area contributed by atoms with Gasteiger partial charge in [-0.05, 0) is 43.4 Å². The first-order valence-corrected chi connectivity index (χ1v) is 8.16. The van der Waals surface area contributed by atoms with Crippen LogP contribution in [0.3, 0.4) is 0 Å². The van der Waals surface area contributed by atoms with Crippen molar-refractivity contribution in [1.29, 1.82) is 0 Å². The van der Waals surface area contributed by atoms with Crippen LogP contribution in [0.5, 0.6) is 0 Å². The van der Waals surface area contributed by atoms with Gasteiger partial charge in [-0.3, -0.25) is 0 Å². The van der Waals surface area contributed by atoms with Crippen molar-refractivity contribution >= 4 is 0 Å². The molecule has 2 heteroatoms. The molecule has 0 saturated heterocycles. The van der Waals surface area contributed by atoms with E-state index in [1.54, 1.807) is 6.26 Å². The molecule has 1 saturated carbocycles. The molecule has 112 valence electrons. The molecule has 0 spiro atoms. The molecule has 1 aliphatic carbocycles. The lowest BCUT2D eigenvalue weighted by atomic mass is 9.79. The SMILES string of the molecule is CC(Cc1ccco1)NC1CCCCC1c1ccccc1. The van der Waals surface area contributed by atoms with E-state index in [1.807, 2.05) is 6.07 Å². The van der Waals surface area contributed by atoms with E-state index in [-0.39, 0.29) is 0 Å². The summed E-state index contributed by atoms with van der Waals surface area (Å²) in [5.74, 6) is 1.72. The van der Waals surface area contributed by atoms with Gasteiger partial charge in [0.2, 0.25) is 0 Å². The van der Waals surface area contributed by atoms with Gasteiger partial charge in [0.1, 0.15) is 5.76 Å². The molecule has 1 N–H and O–H groups in total. The van der Waals surface area contributed by atoms with E-state index < -0.39 is 0 Å². The second-order valence-corrected chi connectivity index (χ2v) is 6.26. The zero-order valence-corrected chi connectivity index (χ0v) is 12.8. The van der Waals surface area contributed by atoms with Crippen molar-refractivity contribution in [3.63, 3.8) is 0 Å². The van der Waals surface area contributed by atoms with Gasteiger partial charge in [0.05, 0.1) is 6.26 Å². The van der Waals surface area contributed by atoms with Gasteiger partial charge in [-0.1, -0.05) is 43.2 Å². The standard InChI is InChI=1S/C19H25NO/c1-15(14-17-10-7-13-21-17)20-19-12-6-5-11-18(19)16-8-3-2-4-9-16/h2-4,7-10,13,15,18-20H,5-6,11-12,14H2,1H3. The number of rotatable bonds is 5. The van der Waals surface area contributed by atoms with Crippen LogP contribution in [0.2, 0.25) is 0 Å². The topological polar surface area (TPSA) is 25.2 Å². The fourth-order valence-electron chi connectivity index (χ4n) is 3.58. The predicted molar refractivity (Wildman–Crippen MR) is 86.4 cm³/mol. The quantitative estimate of drug-likeness (QED) is 0.872. The fraction of sp³-hybridized carbons (Fsp3) is 0.474. The molecule has 3 rings (SSSR count). The Labute approximate surface area is 127 Å². The molecule has 1 aliphatic rings. The van der Waals surface area contributed by atoms with Gasteiger partial charge < -0.3 is 9.73 Å². The molecular formula is C19H25NO. The third-order valence-electron chi connectivity index (χ3n) is 4.58. The third kappa shape index (κ3) is 3.76. The molecule has 21 heavy (non-hydrogen) atoms. The summed E-state index contributed by atoms with van der Waals surface area (Å²) in [5, 5.41) is 3.85. The Balaban J connectivity index is 1.64. The normalized spacial score (nSPS) is 23.9. The van der Waals surface area contributed by atoms with E-state index >= 15 is 0 Å². The number of hydrogen-bond donors (Lipinski definition) is 1. The average Bonchev–Trinajstić information content (AvgIpc) is 3.01. The zero-order chi connectivity index (χ0) is 14.5. The third-order valence-corrected chi connectivity index (χ3v) is 4.58. The van der Waals surface area contributed by atoms with E-state index in [1.165, 1.54) is 31.2 Å². The number of benzene rings is 1. The van der Waals surface area contributed by atoms with Gasteiger partial charge >= 0.3 is 0 Å². The number of nitrogens with one attached hydrogen (secondary N) is 1. The summed E-state index contributed by atoms with van der Waals surface area (Å²) >= 11 is 0. The van der Waals surface area contributed by atoms with Crippen LogP contribution in [-0.4, -0.2) is 12.1 Å². The Morgan fingerprint density at radius 2 is 1.90 bits per heavy atom. The largest absolute Gasteiger partial charge is 0.469 e. The molecule has 1 fully saturated rings. The van der Waals surface area contributed by atoms with Crippen molar-refractivity contribution in [3.8, 4) is 0 Å². The van der Waals surface area contributed by atoms with E-state index in [4.69, 9.17) is 4.42 Å². The van der Waals surface area contributed by atoms with Crippen LogP contribution in [0.4, 0.5) is 0 Å². The summed E-state index contributed by atoms with van der Waals surface area (Å²) in [4.78, 5) is 0. The molecule has 1 aromatic carbocycles. The second-order valence-electron chi connectivity index (χ2n) is 6.26. The maximum atomic E-state index is 5.46. The summed E-state index contributed by atoms with van der Waals surface area (Å²) in [7, 11) is 0. The monoisotopic (exact) mass is 283 g/mol. The molecule has 2 aromatic rings. The van der Waals surface area contributed by atoms with E-state index in [0.29, 0.717) is 18.0 Å². The highest BCUT2D eigenvalue weighted by Crippen LogP contribution is 2.33. The number of furan rings is 1. The fourth-order valence-corrected chi connectivity index (χ4v) is 3.58. The highest BCUT2D eigenvalue weighted by molar-refractivity contribution is 5.22. The minimum Gasteiger partial charge on any atom is -0.469 e. The van der Waals surface area contributed by atoms with Crippen LogP contribution in [0, 0.1) is 0 Å². The maximum absolute atomic E-state index is 5.46. The molecule has 3 atom stereocenters. The Morgan fingerprint density at radius 3 is 2.67 bits per heavy atom. The summed E-state index contributed by atoms with van der Waals surface area (Å²) in [5.41, 5.74) is 1.49. The van der Waals surface area contributed by atoms with Gasteiger partial charge in [-0.25, -0.2) is 0 Å². The molecular weight excluding hydrogens is 258 g/mol. The van der Waals surface area contributed by atoms with Gasteiger partial charge in [0.25, 0.3) is 0 Å². The van der Waals surface area contributed by atoms with E-state index in [0.717, 1.165) is 12.2 Å². The molecule has 2 nitrogen and oxygen atoms in total. The van der Waals surface area contributed by atoms with Crippen LogP contribution in [0.1, 0.15) is 49.8 Å². The minimum atomic E-state index is 0.450. The summed E-state index contributed by atoms with van der Waals surface area (Å²) in [6, 6.07) is 16.1. The Morgan fingerprint density at radius 1 is 1.10 bits per heavy atom. The first-order valence-electron chi connectivity index (χ1n) is 8.16. The lowest BCUT2D eigenvalue weighted by Crippen LogP contribution is -2.43. The van der Waals surface area contributed by atoms with Crippen LogP contribution in [0.15, 0.2) is 53.1 Å². The molecule has 0 bridgehead atoms. The molecule has 1 heterocycles. The first kappa shape index (κ1) is 14.4. The van der Waals surface area contributed by atoms with Gasteiger partial charge in [0, 0.05) is 18.5 Å². The predicted octanol–water partition coefficient (Wildman–Crippen LogP) is 4.53. The highest BCUT2D eigenvalue weighted by atomic mass is 16.3. The van der Waals surface area contributed by atoms with E-state index in [2.05, 4.69) is 48.6 Å². The number of hydrogen-bond acceptors (Lipinski definition) is 2.